The molecule has 6 nitrogen and oxygen atoms in total. The van der Waals surface area contributed by atoms with Gasteiger partial charge in [-0.15, -0.1) is 0 Å². The van der Waals surface area contributed by atoms with Gasteiger partial charge in [0, 0.05) is 35.9 Å². The van der Waals surface area contributed by atoms with Crippen LogP contribution in [0.3, 0.4) is 0 Å². The van der Waals surface area contributed by atoms with Crippen LogP contribution in [0.15, 0.2) is 36.7 Å². The summed E-state index contributed by atoms with van der Waals surface area (Å²) in [4.78, 5) is 11.8. The van der Waals surface area contributed by atoms with Crippen molar-refractivity contribution in [2.75, 3.05) is 18.0 Å². The van der Waals surface area contributed by atoms with E-state index in [0.717, 1.165) is 0 Å². The fourth-order valence-electron chi connectivity index (χ4n) is 1.63. The van der Waals surface area contributed by atoms with Crippen LogP contribution in [0.2, 0.25) is 0 Å². The molecule has 2 aromatic rings. The number of hydrogen-bond acceptors (Lipinski definition) is 4. The van der Waals surface area contributed by atoms with Crippen LogP contribution in [0.4, 0.5) is 11.4 Å². The van der Waals surface area contributed by atoms with E-state index in [2.05, 4.69) is 10.4 Å². The molecular weight excluding hydrogens is 230 g/mol. The van der Waals surface area contributed by atoms with Crippen molar-refractivity contribution in [1.29, 1.82) is 0 Å². The van der Waals surface area contributed by atoms with Gasteiger partial charge in [0.2, 0.25) is 0 Å². The largest absolute Gasteiger partial charge is 0.399 e. The lowest BCUT2D eigenvalue weighted by Crippen LogP contribution is -2.27. The summed E-state index contributed by atoms with van der Waals surface area (Å²) in [6, 6.07) is 6.64. The molecule has 0 bridgehead atoms. The fraction of sp³-hybridized carbons (Fsp3) is 0.167. The third kappa shape index (κ3) is 3.00. The zero-order valence-corrected chi connectivity index (χ0v) is 9.84. The van der Waals surface area contributed by atoms with Crippen LogP contribution < -0.4 is 16.8 Å². The summed E-state index contributed by atoms with van der Waals surface area (Å²) < 4.78 is 1.74. The molecular formula is C12H15N5O. The van der Waals surface area contributed by atoms with Gasteiger partial charge in [-0.05, 0) is 24.3 Å². The molecule has 1 heterocycles. The van der Waals surface area contributed by atoms with Gasteiger partial charge in [0.05, 0.1) is 6.54 Å². The highest BCUT2D eigenvalue weighted by Gasteiger charge is 2.06. The predicted molar refractivity (Wildman–Crippen MR) is 69.8 cm³/mol. The van der Waals surface area contributed by atoms with E-state index in [9.17, 15) is 4.79 Å². The third-order valence-electron chi connectivity index (χ3n) is 2.43. The summed E-state index contributed by atoms with van der Waals surface area (Å²) in [7, 11) is 0. The number of aromatic nitrogens is 2. The van der Waals surface area contributed by atoms with Crippen molar-refractivity contribution < 1.29 is 4.79 Å². The number of nitrogens with one attached hydrogen (secondary N) is 1. The van der Waals surface area contributed by atoms with Crippen LogP contribution in [0, 0.1) is 0 Å². The molecule has 94 valence electrons. The highest BCUT2D eigenvalue weighted by molar-refractivity contribution is 5.96. The van der Waals surface area contributed by atoms with E-state index in [4.69, 9.17) is 11.5 Å². The highest BCUT2D eigenvalue weighted by atomic mass is 16.1. The van der Waals surface area contributed by atoms with E-state index >= 15 is 0 Å². The molecule has 2 rings (SSSR count). The normalized spacial score (nSPS) is 10.2. The van der Waals surface area contributed by atoms with Crippen molar-refractivity contribution in [2.24, 2.45) is 0 Å². The Balaban J connectivity index is 1.91. The van der Waals surface area contributed by atoms with Gasteiger partial charge < -0.3 is 16.8 Å². The number of carbonyl (C=O) groups excluding carboxylic acids is 1. The second kappa shape index (κ2) is 5.22. The summed E-state index contributed by atoms with van der Waals surface area (Å²) in [6.45, 7) is 1.12. The molecule has 0 fully saturated rings. The van der Waals surface area contributed by atoms with E-state index in [1.54, 1.807) is 29.1 Å². The van der Waals surface area contributed by atoms with Crippen LogP contribution in [0.5, 0.6) is 0 Å². The molecule has 0 saturated carbocycles. The molecule has 18 heavy (non-hydrogen) atoms. The molecule has 0 aliphatic carbocycles. The standard InChI is InChI=1S/C12H15N5O/c13-10-6-9(7-11(14)8-10)12(18)15-3-5-17-4-1-2-16-17/h1-2,4,6-8H,3,5,13-14H2,(H,15,18). The van der Waals surface area contributed by atoms with Crippen LogP contribution in [0.25, 0.3) is 0 Å². The molecule has 1 aromatic heterocycles. The van der Waals surface area contributed by atoms with E-state index < -0.39 is 0 Å². The van der Waals surface area contributed by atoms with Gasteiger partial charge in [0.1, 0.15) is 0 Å². The number of hydrogen-bond donors (Lipinski definition) is 3. The monoisotopic (exact) mass is 245 g/mol. The van der Waals surface area contributed by atoms with Gasteiger partial charge in [0.25, 0.3) is 5.91 Å². The molecule has 1 amide bonds. The molecule has 0 spiro atoms. The lowest BCUT2D eigenvalue weighted by atomic mass is 10.1. The second-order valence-electron chi connectivity index (χ2n) is 3.91. The van der Waals surface area contributed by atoms with Crippen molar-refractivity contribution in [3.63, 3.8) is 0 Å². The smallest absolute Gasteiger partial charge is 0.251 e. The van der Waals surface area contributed by atoms with Gasteiger partial charge in [-0.2, -0.15) is 5.10 Å². The molecule has 0 saturated heterocycles. The molecule has 6 heteroatoms. The Morgan fingerprint density at radius 2 is 2.00 bits per heavy atom. The van der Waals surface area contributed by atoms with Crippen molar-refractivity contribution >= 4 is 17.3 Å². The number of nitrogen functional groups attached to an aromatic ring is 2. The van der Waals surface area contributed by atoms with Crippen LogP contribution >= 0.6 is 0 Å². The zero-order valence-electron chi connectivity index (χ0n) is 9.84. The molecule has 0 aliphatic rings. The lowest BCUT2D eigenvalue weighted by molar-refractivity contribution is 0.0952. The number of nitrogens with two attached hydrogens (primary N) is 2. The maximum absolute atomic E-state index is 11.8. The molecule has 1 aromatic carbocycles. The first-order valence-electron chi connectivity index (χ1n) is 5.57. The van der Waals surface area contributed by atoms with Gasteiger partial charge in [-0.3, -0.25) is 9.48 Å². The Labute approximate surface area is 105 Å². The van der Waals surface area contributed by atoms with E-state index in [1.807, 2.05) is 12.3 Å². The SMILES string of the molecule is Nc1cc(N)cc(C(=O)NCCn2cccn2)c1. The van der Waals surface area contributed by atoms with Crippen LogP contribution in [0.1, 0.15) is 10.4 Å². The van der Waals surface area contributed by atoms with Crippen molar-refractivity contribution in [3.8, 4) is 0 Å². The minimum absolute atomic E-state index is 0.193. The van der Waals surface area contributed by atoms with Crippen molar-refractivity contribution in [3.05, 3.63) is 42.2 Å². The average molecular weight is 245 g/mol. The van der Waals surface area contributed by atoms with Gasteiger partial charge in [0.15, 0.2) is 0 Å². The summed E-state index contributed by atoms with van der Waals surface area (Å²) in [5, 5.41) is 6.82. The average Bonchev–Trinajstić information content (AvgIpc) is 2.80. The first-order chi connectivity index (χ1) is 8.65. The first-order valence-corrected chi connectivity index (χ1v) is 5.57. The summed E-state index contributed by atoms with van der Waals surface area (Å²) in [6.07, 6.45) is 3.53. The first kappa shape index (κ1) is 12.0. The van der Waals surface area contributed by atoms with Gasteiger partial charge in [-0.25, -0.2) is 0 Å². The number of amides is 1. The molecule has 0 unspecified atom stereocenters. The topological polar surface area (TPSA) is 99.0 Å². The maximum atomic E-state index is 11.8. The third-order valence-corrected chi connectivity index (χ3v) is 2.43. The minimum atomic E-state index is -0.193. The van der Waals surface area contributed by atoms with Gasteiger partial charge in [-0.1, -0.05) is 0 Å². The lowest BCUT2D eigenvalue weighted by Gasteiger charge is -2.07. The van der Waals surface area contributed by atoms with Crippen molar-refractivity contribution in [1.82, 2.24) is 15.1 Å². The summed E-state index contributed by atoms with van der Waals surface area (Å²) in [5.41, 5.74) is 12.7. The minimum Gasteiger partial charge on any atom is -0.399 e. The van der Waals surface area contributed by atoms with E-state index in [1.165, 1.54) is 0 Å². The molecule has 5 N–H and O–H groups in total. The highest BCUT2D eigenvalue weighted by Crippen LogP contribution is 2.13. The summed E-state index contributed by atoms with van der Waals surface area (Å²) in [5.74, 6) is -0.193. The number of benzene rings is 1. The summed E-state index contributed by atoms with van der Waals surface area (Å²) >= 11 is 0. The number of carbonyl (C=O) groups is 1. The Morgan fingerprint density at radius 1 is 1.28 bits per heavy atom. The zero-order chi connectivity index (χ0) is 13.0. The van der Waals surface area contributed by atoms with Crippen LogP contribution in [-0.4, -0.2) is 22.2 Å². The van der Waals surface area contributed by atoms with Crippen molar-refractivity contribution in [2.45, 2.75) is 6.54 Å². The number of rotatable bonds is 4. The Bertz CT molecular complexity index is 515. The second-order valence-corrected chi connectivity index (χ2v) is 3.91. The predicted octanol–water partition coefficient (Wildman–Crippen LogP) is 0.477. The van der Waals surface area contributed by atoms with E-state index in [0.29, 0.717) is 30.0 Å². The number of anilines is 2. The Morgan fingerprint density at radius 3 is 2.61 bits per heavy atom. The Hall–Kier alpha value is -2.50. The van der Waals surface area contributed by atoms with Crippen LogP contribution in [-0.2, 0) is 6.54 Å². The quantitative estimate of drug-likeness (QED) is 0.682. The molecule has 0 aliphatic heterocycles. The van der Waals surface area contributed by atoms with Gasteiger partial charge >= 0.3 is 0 Å². The maximum Gasteiger partial charge on any atom is 0.251 e. The van der Waals surface area contributed by atoms with E-state index in [-0.39, 0.29) is 5.91 Å². The Kier molecular flexibility index (Phi) is 3.47. The fourth-order valence-corrected chi connectivity index (χ4v) is 1.63. The molecule has 0 radical (unpaired) electrons. The number of nitrogens with zero attached hydrogens (tertiary/aromatic N) is 2. The molecule has 0 atom stereocenters.